The Morgan fingerprint density at radius 3 is 2.24 bits per heavy atom. The van der Waals surface area contributed by atoms with Crippen molar-refractivity contribution in [2.45, 2.75) is 57.0 Å². The standard InChI is InChI=1S/C19H29BN2O6S/c1-18(2)19(3,4)28-20(27-18)15-11-13(17(21)23)7-8-14(15)16(29(24,25)26)12-22-9-5-6-10-22/h7-8,11,16H,5-6,9-10,12H2,1-4H3,(H2,21,23)(H,24,25,26). The Hall–Kier alpha value is -1.46. The fourth-order valence-corrected chi connectivity index (χ4v) is 4.68. The van der Waals surface area contributed by atoms with Crippen LogP contribution >= 0.6 is 0 Å². The minimum Gasteiger partial charge on any atom is -0.399 e. The topological polar surface area (TPSA) is 119 Å². The van der Waals surface area contributed by atoms with Crippen molar-refractivity contribution < 1.29 is 27.1 Å². The van der Waals surface area contributed by atoms with E-state index in [1.54, 1.807) is 0 Å². The zero-order chi connectivity index (χ0) is 21.6. The minimum atomic E-state index is -4.42. The van der Waals surface area contributed by atoms with Gasteiger partial charge in [0.1, 0.15) is 5.25 Å². The molecule has 0 spiro atoms. The van der Waals surface area contributed by atoms with Crippen LogP contribution in [0.5, 0.6) is 0 Å². The van der Waals surface area contributed by atoms with Crippen LogP contribution in [0.2, 0.25) is 0 Å². The molecular weight excluding hydrogens is 395 g/mol. The predicted molar refractivity (Wildman–Crippen MR) is 111 cm³/mol. The average Bonchev–Trinajstić information content (AvgIpc) is 3.17. The third kappa shape index (κ3) is 4.51. The molecule has 2 heterocycles. The highest BCUT2D eigenvalue weighted by Gasteiger charge is 2.53. The number of benzene rings is 1. The number of carbonyl (C=O) groups excluding carboxylic acids is 1. The van der Waals surface area contributed by atoms with Gasteiger partial charge in [0.15, 0.2) is 0 Å². The van der Waals surface area contributed by atoms with Gasteiger partial charge in [0.05, 0.1) is 11.2 Å². The Labute approximate surface area is 172 Å². The lowest BCUT2D eigenvalue weighted by Gasteiger charge is -2.32. The van der Waals surface area contributed by atoms with E-state index >= 15 is 0 Å². The summed E-state index contributed by atoms with van der Waals surface area (Å²) < 4.78 is 46.8. The third-order valence-electron chi connectivity index (χ3n) is 6.21. The summed E-state index contributed by atoms with van der Waals surface area (Å²) in [6.45, 7) is 9.24. The van der Waals surface area contributed by atoms with Crippen LogP contribution in [0.15, 0.2) is 18.2 Å². The first-order chi connectivity index (χ1) is 13.3. The van der Waals surface area contributed by atoms with Gasteiger partial charge in [-0.3, -0.25) is 9.35 Å². The Morgan fingerprint density at radius 1 is 1.21 bits per heavy atom. The van der Waals surface area contributed by atoms with Gasteiger partial charge in [0.2, 0.25) is 5.91 Å². The second-order valence-electron chi connectivity index (χ2n) is 8.81. The van der Waals surface area contributed by atoms with Crippen molar-refractivity contribution in [2.75, 3.05) is 19.6 Å². The van der Waals surface area contributed by atoms with E-state index in [0.29, 0.717) is 11.0 Å². The molecule has 0 aliphatic carbocycles. The number of carbonyl (C=O) groups is 1. The maximum absolute atomic E-state index is 12.3. The molecule has 0 bridgehead atoms. The zero-order valence-corrected chi connectivity index (χ0v) is 18.2. The first-order valence-corrected chi connectivity index (χ1v) is 11.3. The second kappa shape index (κ2) is 7.66. The monoisotopic (exact) mass is 424 g/mol. The van der Waals surface area contributed by atoms with Crippen LogP contribution in [0.25, 0.3) is 0 Å². The fourth-order valence-electron chi connectivity index (χ4n) is 3.75. The van der Waals surface area contributed by atoms with Crippen LogP contribution in [0.4, 0.5) is 0 Å². The van der Waals surface area contributed by atoms with Crippen LogP contribution in [0.3, 0.4) is 0 Å². The third-order valence-corrected chi connectivity index (χ3v) is 7.33. The molecule has 29 heavy (non-hydrogen) atoms. The van der Waals surface area contributed by atoms with Crippen molar-refractivity contribution in [3.63, 3.8) is 0 Å². The number of hydrogen-bond donors (Lipinski definition) is 2. The molecule has 8 nitrogen and oxygen atoms in total. The van der Waals surface area contributed by atoms with Gasteiger partial charge in [-0.2, -0.15) is 8.42 Å². The minimum absolute atomic E-state index is 0.154. The maximum atomic E-state index is 12.3. The number of hydrogen-bond acceptors (Lipinski definition) is 6. The summed E-state index contributed by atoms with van der Waals surface area (Å²) >= 11 is 0. The quantitative estimate of drug-likeness (QED) is 0.519. The average molecular weight is 424 g/mol. The molecule has 1 atom stereocenters. The lowest BCUT2D eigenvalue weighted by Crippen LogP contribution is -2.41. The highest BCUT2D eigenvalue weighted by atomic mass is 32.2. The molecule has 2 aliphatic rings. The van der Waals surface area contributed by atoms with Crippen LogP contribution in [0.1, 0.15) is 61.7 Å². The molecule has 1 amide bonds. The van der Waals surface area contributed by atoms with E-state index in [9.17, 15) is 17.8 Å². The molecule has 160 valence electrons. The summed E-state index contributed by atoms with van der Waals surface area (Å²) in [4.78, 5) is 13.8. The lowest BCUT2D eigenvalue weighted by atomic mass is 9.74. The van der Waals surface area contributed by atoms with Gasteiger partial charge in [-0.1, -0.05) is 6.07 Å². The first kappa shape index (κ1) is 22.2. The summed E-state index contributed by atoms with van der Waals surface area (Å²) in [5.74, 6) is -0.641. The highest BCUT2D eigenvalue weighted by Crippen LogP contribution is 2.37. The molecule has 10 heteroatoms. The van der Waals surface area contributed by atoms with Crippen LogP contribution in [0, 0.1) is 0 Å². The van der Waals surface area contributed by atoms with Gasteiger partial charge in [-0.05, 0) is 76.8 Å². The Balaban J connectivity index is 2.08. The smallest absolute Gasteiger partial charge is 0.399 e. The molecule has 3 rings (SSSR count). The molecular formula is C19H29BN2O6S. The SMILES string of the molecule is CC1(C)OB(c2cc(C(N)=O)ccc2C(CN2CCCC2)S(=O)(=O)O)OC1(C)C. The van der Waals surface area contributed by atoms with Crippen molar-refractivity contribution in [2.24, 2.45) is 5.73 Å². The van der Waals surface area contributed by atoms with Crippen molar-refractivity contribution in [3.05, 3.63) is 29.3 Å². The van der Waals surface area contributed by atoms with E-state index in [-0.39, 0.29) is 12.1 Å². The first-order valence-electron chi connectivity index (χ1n) is 9.80. The van der Waals surface area contributed by atoms with Gasteiger partial charge in [-0.15, -0.1) is 0 Å². The summed E-state index contributed by atoms with van der Waals surface area (Å²) in [6, 6.07) is 4.49. The zero-order valence-electron chi connectivity index (χ0n) is 17.3. The molecule has 1 aromatic carbocycles. The van der Waals surface area contributed by atoms with Crippen molar-refractivity contribution in [3.8, 4) is 0 Å². The highest BCUT2D eigenvalue weighted by molar-refractivity contribution is 7.86. The number of primary amides is 1. The predicted octanol–water partition coefficient (Wildman–Crippen LogP) is 1.11. The number of nitrogens with two attached hydrogens (primary N) is 1. The van der Waals surface area contributed by atoms with E-state index in [4.69, 9.17) is 15.0 Å². The van der Waals surface area contributed by atoms with E-state index in [1.807, 2.05) is 32.6 Å². The fraction of sp³-hybridized carbons (Fsp3) is 0.632. The second-order valence-corrected chi connectivity index (χ2v) is 10.4. The molecule has 2 aliphatic heterocycles. The molecule has 0 radical (unpaired) electrons. The number of amides is 1. The molecule has 1 aromatic rings. The van der Waals surface area contributed by atoms with Crippen molar-refractivity contribution in [1.29, 1.82) is 0 Å². The van der Waals surface area contributed by atoms with Gasteiger partial charge >= 0.3 is 7.12 Å². The lowest BCUT2D eigenvalue weighted by molar-refractivity contribution is 0.00578. The molecule has 3 N–H and O–H groups in total. The van der Waals surface area contributed by atoms with Gasteiger partial charge in [-0.25, -0.2) is 0 Å². The van der Waals surface area contributed by atoms with Gasteiger partial charge < -0.3 is 19.9 Å². The summed E-state index contributed by atoms with van der Waals surface area (Å²) in [5.41, 5.74) is 5.09. The van der Waals surface area contributed by atoms with E-state index in [2.05, 4.69) is 0 Å². The van der Waals surface area contributed by atoms with Crippen molar-refractivity contribution in [1.82, 2.24) is 4.90 Å². The van der Waals surface area contributed by atoms with Gasteiger partial charge in [0.25, 0.3) is 10.1 Å². The Kier molecular flexibility index (Phi) is 5.88. The van der Waals surface area contributed by atoms with Crippen LogP contribution in [-0.2, 0) is 19.4 Å². The molecule has 2 saturated heterocycles. The number of nitrogens with zero attached hydrogens (tertiary/aromatic N) is 1. The van der Waals surface area contributed by atoms with Crippen LogP contribution in [-0.4, -0.2) is 61.7 Å². The van der Waals surface area contributed by atoms with E-state index in [0.717, 1.165) is 25.9 Å². The largest absolute Gasteiger partial charge is 0.495 e. The molecule has 1 unspecified atom stereocenters. The van der Waals surface area contributed by atoms with E-state index < -0.39 is 39.6 Å². The maximum Gasteiger partial charge on any atom is 0.495 e. The summed E-state index contributed by atoms with van der Waals surface area (Å²) in [6.07, 6.45) is 1.98. The number of likely N-dealkylation sites (tertiary alicyclic amines) is 1. The Morgan fingerprint density at radius 2 is 1.76 bits per heavy atom. The normalized spacial score (nSPS) is 22.7. The molecule has 2 fully saturated rings. The number of rotatable bonds is 6. The summed E-state index contributed by atoms with van der Waals surface area (Å²) in [5, 5.41) is -1.18. The van der Waals surface area contributed by atoms with Crippen molar-refractivity contribution >= 4 is 28.6 Å². The van der Waals surface area contributed by atoms with E-state index in [1.165, 1.54) is 18.2 Å². The molecule has 0 aromatic heterocycles. The van der Waals surface area contributed by atoms with Crippen LogP contribution < -0.4 is 11.2 Å². The molecule has 0 saturated carbocycles. The van der Waals surface area contributed by atoms with Gasteiger partial charge in [0, 0.05) is 12.1 Å². The Bertz CT molecular complexity index is 880. The summed E-state index contributed by atoms with van der Waals surface area (Å²) in [7, 11) is -5.31.